The summed E-state index contributed by atoms with van der Waals surface area (Å²) in [5.74, 6) is 0.0909. The highest BCUT2D eigenvalue weighted by Gasteiger charge is 2.24. The van der Waals surface area contributed by atoms with Crippen LogP contribution in [0.2, 0.25) is 0 Å². The van der Waals surface area contributed by atoms with Gasteiger partial charge in [-0.25, -0.2) is 13.8 Å². The van der Waals surface area contributed by atoms with Crippen LogP contribution in [0.4, 0.5) is 8.78 Å². The molecule has 2 rings (SSSR count). The molecule has 1 amide bonds. The van der Waals surface area contributed by atoms with Crippen molar-refractivity contribution in [2.24, 2.45) is 13.0 Å². The molecule has 7 nitrogen and oxygen atoms in total. The average Bonchev–Trinajstić information content (AvgIpc) is 3.04. The Morgan fingerprint density at radius 1 is 1.43 bits per heavy atom. The van der Waals surface area contributed by atoms with Crippen molar-refractivity contribution in [1.29, 1.82) is 0 Å². The highest BCUT2D eigenvalue weighted by atomic mass is 19.3. The van der Waals surface area contributed by atoms with E-state index >= 15 is 0 Å². The summed E-state index contributed by atoms with van der Waals surface area (Å²) < 4.78 is 26.5. The van der Waals surface area contributed by atoms with Gasteiger partial charge in [0, 0.05) is 7.05 Å². The number of alkyl halides is 2. The Morgan fingerprint density at radius 3 is 2.62 bits per heavy atom. The molecule has 2 aromatic rings. The van der Waals surface area contributed by atoms with Crippen molar-refractivity contribution in [3.05, 3.63) is 29.6 Å². The zero-order valence-corrected chi connectivity index (χ0v) is 11.8. The number of carbonyl (C=O) groups excluding carboxylic acids is 1. The van der Waals surface area contributed by atoms with Gasteiger partial charge in [0.25, 0.3) is 12.3 Å². The number of aromatic nitrogens is 5. The number of aromatic amines is 1. The van der Waals surface area contributed by atoms with Crippen LogP contribution < -0.4 is 5.32 Å². The van der Waals surface area contributed by atoms with Crippen LogP contribution in [0.1, 0.15) is 48.3 Å². The molecule has 0 aliphatic heterocycles. The third kappa shape index (κ3) is 3.23. The molecular weight excluding hydrogens is 282 g/mol. The maximum absolute atomic E-state index is 12.5. The smallest absolute Gasteiger partial charge is 0.279 e. The predicted molar refractivity (Wildman–Crippen MR) is 69.6 cm³/mol. The van der Waals surface area contributed by atoms with E-state index in [0.29, 0.717) is 5.82 Å². The molecule has 0 aromatic carbocycles. The molecule has 0 saturated carbocycles. The van der Waals surface area contributed by atoms with Crippen LogP contribution in [0.25, 0.3) is 0 Å². The van der Waals surface area contributed by atoms with E-state index in [-0.39, 0.29) is 17.3 Å². The van der Waals surface area contributed by atoms with Crippen LogP contribution >= 0.6 is 0 Å². The number of nitrogens with one attached hydrogen (secondary N) is 2. The summed E-state index contributed by atoms with van der Waals surface area (Å²) in [5, 5.41) is 12.4. The first-order chi connectivity index (χ1) is 9.90. The number of halogens is 2. The number of nitrogens with zero attached hydrogens (tertiary/aromatic N) is 4. The fourth-order valence-corrected chi connectivity index (χ4v) is 1.90. The fourth-order valence-electron chi connectivity index (χ4n) is 1.90. The minimum Gasteiger partial charge on any atom is -0.340 e. The molecule has 2 N–H and O–H groups in total. The molecule has 2 aromatic heterocycles. The van der Waals surface area contributed by atoms with Crippen LogP contribution in [0.15, 0.2) is 12.4 Å². The number of hydrogen-bond acceptors (Lipinski definition) is 4. The molecule has 0 aliphatic carbocycles. The topological polar surface area (TPSA) is 88.5 Å². The van der Waals surface area contributed by atoms with Crippen LogP contribution in [0.3, 0.4) is 0 Å². The van der Waals surface area contributed by atoms with Gasteiger partial charge in [-0.1, -0.05) is 13.8 Å². The Balaban J connectivity index is 2.17. The van der Waals surface area contributed by atoms with Gasteiger partial charge < -0.3 is 5.32 Å². The summed E-state index contributed by atoms with van der Waals surface area (Å²) in [6.45, 7) is 3.82. The second kappa shape index (κ2) is 5.98. The molecule has 0 bridgehead atoms. The third-order valence-corrected chi connectivity index (χ3v) is 3.04. The van der Waals surface area contributed by atoms with Crippen molar-refractivity contribution in [1.82, 2.24) is 30.3 Å². The largest absolute Gasteiger partial charge is 0.340 e. The van der Waals surface area contributed by atoms with E-state index in [2.05, 4.69) is 25.6 Å². The fraction of sp³-hybridized carbons (Fsp3) is 0.500. The molecule has 0 fully saturated rings. The molecule has 9 heteroatoms. The van der Waals surface area contributed by atoms with Crippen molar-refractivity contribution in [3.8, 4) is 0 Å². The molecular formula is C12H16F2N6O. The van der Waals surface area contributed by atoms with Crippen molar-refractivity contribution in [3.63, 3.8) is 0 Å². The van der Waals surface area contributed by atoms with E-state index in [4.69, 9.17) is 0 Å². The second-order valence-corrected chi connectivity index (χ2v) is 4.95. The highest BCUT2D eigenvalue weighted by Crippen LogP contribution is 2.20. The van der Waals surface area contributed by atoms with E-state index in [1.807, 2.05) is 13.8 Å². The molecule has 2 heterocycles. The van der Waals surface area contributed by atoms with Crippen LogP contribution in [0, 0.1) is 5.92 Å². The van der Waals surface area contributed by atoms with Crippen molar-refractivity contribution >= 4 is 5.91 Å². The zero-order chi connectivity index (χ0) is 15.6. The SMILES string of the molecule is CC(C)[C@H](NC(=O)c1cc(C(F)F)[nH]n1)c1ncnn1C. The predicted octanol–water partition coefficient (Wildman–Crippen LogP) is 1.60. The van der Waals surface area contributed by atoms with Gasteiger partial charge in [-0.15, -0.1) is 0 Å². The first kappa shape index (κ1) is 15.1. The van der Waals surface area contributed by atoms with Gasteiger partial charge >= 0.3 is 0 Å². The molecule has 21 heavy (non-hydrogen) atoms. The van der Waals surface area contributed by atoms with Crippen molar-refractivity contribution in [2.75, 3.05) is 0 Å². The number of amides is 1. The number of rotatable bonds is 5. The van der Waals surface area contributed by atoms with Gasteiger partial charge in [-0.05, 0) is 12.0 Å². The Morgan fingerprint density at radius 2 is 2.14 bits per heavy atom. The average molecular weight is 298 g/mol. The third-order valence-electron chi connectivity index (χ3n) is 3.04. The summed E-state index contributed by atoms with van der Waals surface area (Å²) in [6, 6.07) is 0.644. The summed E-state index contributed by atoms with van der Waals surface area (Å²) in [7, 11) is 1.72. The standard InChI is InChI=1S/C12H16F2N6O/c1-6(2)9(11-15-5-16-20(11)3)17-12(21)8-4-7(10(13)14)18-19-8/h4-6,9-10H,1-3H3,(H,17,21)(H,18,19)/t9-/m0/s1. The Bertz CT molecular complexity index is 621. The molecule has 0 spiro atoms. The quantitative estimate of drug-likeness (QED) is 0.877. The summed E-state index contributed by atoms with van der Waals surface area (Å²) in [4.78, 5) is 16.2. The van der Waals surface area contributed by atoms with E-state index in [9.17, 15) is 13.6 Å². The van der Waals surface area contributed by atoms with Gasteiger partial charge in [-0.3, -0.25) is 14.6 Å². The van der Waals surface area contributed by atoms with E-state index in [1.54, 1.807) is 11.7 Å². The van der Waals surface area contributed by atoms with Crippen LogP contribution in [-0.2, 0) is 7.05 Å². The number of hydrogen-bond donors (Lipinski definition) is 2. The number of carbonyl (C=O) groups is 1. The van der Waals surface area contributed by atoms with E-state index in [1.165, 1.54) is 6.33 Å². The van der Waals surface area contributed by atoms with Crippen molar-refractivity contribution in [2.45, 2.75) is 26.3 Å². The molecule has 0 unspecified atom stereocenters. The molecule has 114 valence electrons. The zero-order valence-electron chi connectivity index (χ0n) is 11.8. The minimum atomic E-state index is -2.70. The molecule has 1 atom stereocenters. The van der Waals surface area contributed by atoms with Gasteiger partial charge in [0.1, 0.15) is 23.5 Å². The Kier molecular flexibility index (Phi) is 4.29. The van der Waals surface area contributed by atoms with Crippen molar-refractivity contribution < 1.29 is 13.6 Å². The lowest BCUT2D eigenvalue weighted by atomic mass is 10.0. The Labute approximate surface area is 119 Å². The van der Waals surface area contributed by atoms with Gasteiger partial charge in [0.15, 0.2) is 0 Å². The summed E-state index contributed by atoms with van der Waals surface area (Å²) >= 11 is 0. The maximum atomic E-state index is 12.5. The van der Waals surface area contributed by atoms with Crippen LogP contribution in [0.5, 0.6) is 0 Å². The van der Waals surface area contributed by atoms with E-state index in [0.717, 1.165) is 6.07 Å². The monoisotopic (exact) mass is 298 g/mol. The first-order valence-corrected chi connectivity index (χ1v) is 6.38. The minimum absolute atomic E-state index is 0.0466. The molecule has 0 radical (unpaired) electrons. The van der Waals surface area contributed by atoms with Gasteiger partial charge in [-0.2, -0.15) is 10.2 Å². The number of H-pyrrole nitrogens is 1. The lowest BCUT2D eigenvalue weighted by Crippen LogP contribution is -2.33. The lowest BCUT2D eigenvalue weighted by Gasteiger charge is -2.20. The normalized spacial score (nSPS) is 12.9. The van der Waals surface area contributed by atoms with E-state index < -0.39 is 18.4 Å². The Hall–Kier alpha value is -2.32. The second-order valence-electron chi connectivity index (χ2n) is 4.95. The van der Waals surface area contributed by atoms with Gasteiger partial charge in [0.05, 0.1) is 6.04 Å². The highest BCUT2D eigenvalue weighted by molar-refractivity contribution is 5.92. The molecule has 0 aliphatic rings. The van der Waals surface area contributed by atoms with Gasteiger partial charge in [0.2, 0.25) is 0 Å². The lowest BCUT2D eigenvalue weighted by molar-refractivity contribution is 0.0917. The summed E-state index contributed by atoms with van der Waals surface area (Å²) in [5.41, 5.74) is -0.474. The molecule has 0 saturated heterocycles. The first-order valence-electron chi connectivity index (χ1n) is 6.38. The maximum Gasteiger partial charge on any atom is 0.279 e. The summed E-state index contributed by atoms with van der Waals surface area (Å²) in [6.07, 6.45) is -1.31. The van der Waals surface area contributed by atoms with Crippen LogP contribution in [-0.4, -0.2) is 30.9 Å². The number of aryl methyl sites for hydroxylation is 1.